The number of rotatable bonds is 6. The third kappa shape index (κ3) is 4.60. The molecular formula is C10H18N4O. The molecule has 1 aromatic rings. The Morgan fingerprint density at radius 3 is 3.07 bits per heavy atom. The average Bonchev–Trinajstić information content (AvgIpc) is 2.68. The van der Waals surface area contributed by atoms with Crippen LogP contribution < -0.4 is 11.1 Å². The molecule has 1 unspecified atom stereocenters. The van der Waals surface area contributed by atoms with Gasteiger partial charge in [0, 0.05) is 12.5 Å². The molecule has 0 saturated carbocycles. The predicted octanol–water partition coefficient (Wildman–Crippen LogP) is 1.11. The number of aromatic amines is 1. The van der Waals surface area contributed by atoms with Gasteiger partial charge >= 0.3 is 0 Å². The molecule has 1 heterocycles. The molecule has 0 saturated heterocycles. The van der Waals surface area contributed by atoms with Gasteiger partial charge in [-0.2, -0.15) is 5.10 Å². The molecule has 5 nitrogen and oxygen atoms in total. The summed E-state index contributed by atoms with van der Waals surface area (Å²) < 4.78 is 0. The zero-order valence-electron chi connectivity index (χ0n) is 8.99. The normalized spacial score (nSPS) is 12.4. The van der Waals surface area contributed by atoms with Crippen LogP contribution in [0.5, 0.6) is 0 Å². The Bertz CT molecular complexity index is 284. The van der Waals surface area contributed by atoms with E-state index in [4.69, 9.17) is 5.73 Å². The van der Waals surface area contributed by atoms with E-state index in [2.05, 4.69) is 22.4 Å². The van der Waals surface area contributed by atoms with Gasteiger partial charge in [0.05, 0.1) is 6.20 Å². The van der Waals surface area contributed by atoms with Crippen molar-refractivity contribution in [2.75, 3.05) is 11.9 Å². The first kappa shape index (κ1) is 11.7. The summed E-state index contributed by atoms with van der Waals surface area (Å²) in [7, 11) is 0. The Balaban J connectivity index is 2.19. The second-order valence-electron chi connectivity index (χ2n) is 3.74. The number of amides is 1. The molecule has 1 aromatic heterocycles. The van der Waals surface area contributed by atoms with Crippen LogP contribution in [0.2, 0.25) is 0 Å². The first-order chi connectivity index (χ1) is 7.22. The van der Waals surface area contributed by atoms with Crippen LogP contribution in [-0.2, 0) is 4.79 Å². The minimum absolute atomic E-state index is 0.0168. The largest absolute Gasteiger partial charge is 0.330 e. The summed E-state index contributed by atoms with van der Waals surface area (Å²) >= 11 is 0. The highest BCUT2D eigenvalue weighted by atomic mass is 16.1. The van der Waals surface area contributed by atoms with Gasteiger partial charge in [-0.1, -0.05) is 6.92 Å². The van der Waals surface area contributed by atoms with E-state index in [0.717, 1.165) is 12.8 Å². The van der Waals surface area contributed by atoms with Crippen molar-refractivity contribution >= 4 is 11.7 Å². The monoisotopic (exact) mass is 210 g/mol. The van der Waals surface area contributed by atoms with E-state index in [9.17, 15) is 4.79 Å². The smallest absolute Gasteiger partial charge is 0.225 e. The zero-order valence-corrected chi connectivity index (χ0v) is 8.99. The maximum atomic E-state index is 11.4. The van der Waals surface area contributed by atoms with Crippen molar-refractivity contribution in [3.8, 4) is 0 Å². The van der Waals surface area contributed by atoms with Gasteiger partial charge in [-0.3, -0.25) is 9.89 Å². The fourth-order valence-corrected chi connectivity index (χ4v) is 1.34. The molecule has 0 fully saturated rings. The molecule has 4 N–H and O–H groups in total. The summed E-state index contributed by atoms with van der Waals surface area (Å²) in [5.74, 6) is 1.16. The molecule has 1 rings (SSSR count). The molecule has 0 spiro atoms. The van der Waals surface area contributed by atoms with Gasteiger partial charge in [0.2, 0.25) is 5.91 Å². The first-order valence-electron chi connectivity index (χ1n) is 5.21. The molecule has 1 atom stereocenters. The maximum absolute atomic E-state index is 11.4. The summed E-state index contributed by atoms with van der Waals surface area (Å²) in [6.45, 7) is 2.79. The van der Waals surface area contributed by atoms with Crippen molar-refractivity contribution in [3.63, 3.8) is 0 Å². The molecule has 0 aromatic carbocycles. The molecule has 1 amide bonds. The lowest BCUT2D eigenvalue weighted by Crippen LogP contribution is -2.14. The molecule has 0 bridgehead atoms. The van der Waals surface area contributed by atoms with Gasteiger partial charge in [0.15, 0.2) is 0 Å². The average molecular weight is 210 g/mol. The number of nitrogens with one attached hydrogen (secondary N) is 2. The first-order valence-corrected chi connectivity index (χ1v) is 5.21. The standard InChI is InChI=1S/C10H18N4O/c1-8(4-6-11)2-3-10(15)13-9-5-7-12-14-9/h5,7-8H,2-4,6,11H2,1H3,(H2,12,13,14,15). The van der Waals surface area contributed by atoms with Crippen LogP contribution in [0.15, 0.2) is 12.3 Å². The highest BCUT2D eigenvalue weighted by molar-refractivity contribution is 5.89. The number of H-pyrrole nitrogens is 1. The van der Waals surface area contributed by atoms with Gasteiger partial charge in [-0.25, -0.2) is 0 Å². The van der Waals surface area contributed by atoms with Gasteiger partial charge in [-0.05, 0) is 25.3 Å². The van der Waals surface area contributed by atoms with Gasteiger partial charge in [0.1, 0.15) is 5.82 Å². The zero-order chi connectivity index (χ0) is 11.1. The van der Waals surface area contributed by atoms with Gasteiger partial charge < -0.3 is 11.1 Å². The third-order valence-electron chi connectivity index (χ3n) is 2.30. The van der Waals surface area contributed by atoms with E-state index in [0.29, 0.717) is 24.7 Å². The third-order valence-corrected chi connectivity index (χ3v) is 2.30. The van der Waals surface area contributed by atoms with E-state index in [-0.39, 0.29) is 5.91 Å². The van der Waals surface area contributed by atoms with Crippen LogP contribution >= 0.6 is 0 Å². The van der Waals surface area contributed by atoms with Crippen LogP contribution in [0.1, 0.15) is 26.2 Å². The molecule has 15 heavy (non-hydrogen) atoms. The lowest BCUT2D eigenvalue weighted by atomic mass is 10.0. The minimum atomic E-state index is 0.0168. The second kappa shape index (κ2) is 6.19. The Kier molecular flexibility index (Phi) is 4.83. The van der Waals surface area contributed by atoms with Crippen molar-refractivity contribution in [2.45, 2.75) is 26.2 Å². The number of nitrogens with zero attached hydrogens (tertiary/aromatic N) is 1. The summed E-state index contributed by atoms with van der Waals surface area (Å²) in [6, 6.07) is 1.72. The number of hydrogen-bond acceptors (Lipinski definition) is 3. The fraction of sp³-hybridized carbons (Fsp3) is 0.600. The Hall–Kier alpha value is -1.36. The summed E-state index contributed by atoms with van der Waals surface area (Å²) in [5, 5.41) is 9.15. The number of carbonyl (C=O) groups is 1. The van der Waals surface area contributed by atoms with Crippen molar-refractivity contribution in [1.82, 2.24) is 10.2 Å². The highest BCUT2D eigenvalue weighted by Crippen LogP contribution is 2.10. The van der Waals surface area contributed by atoms with Crippen LogP contribution in [0.3, 0.4) is 0 Å². The molecule has 0 radical (unpaired) electrons. The predicted molar refractivity (Wildman–Crippen MR) is 59.3 cm³/mol. The van der Waals surface area contributed by atoms with Gasteiger partial charge in [-0.15, -0.1) is 0 Å². The molecule has 0 aliphatic heterocycles. The number of nitrogens with two attached hydrogens (primary N) is 1. The number of aromatic nitrogens is 2. The van der Waals surface area contributed by atoms with Crippen LogP contribution in [0, 0.1) is 5.92 Å². The van der Waals surface area contributed by atoms with Gasteiger partial charge in [0.25, 0.3) is 0 Å². The maximum Gasteiger partial charge on any atom is 0.225 e. The van der Waals surface area contributed by atoms with E-state index < -0.39 is 0 Å². The number of anilines is 1. The highest BCUT2D eigenvalue weighted by Gasteiger charge is 2.06. The molecule has 5 heteroatoms. The SMILES string of the molecule is CC(CCN)CCC(=O)Nc1ccn[nH]1. The van der Waals surface area contributed by atoms with Crippen LogP contribution in [0.4, 0.5) is 5.82 Å². The minimum Gasteiger partial charge on any atom is -0.330 e. The van der Waals surface area contributed by atoms with E-state index in [1.807, 2.05) is 0 Å². The second-order valence-corrected chi connectivity index (χ2v) is 3.74. The summed E-state index contributed by atoms with van der Waals surface area (Å²) in [6.07, 6.45) is 3.97. The van der Waals surface area contributed by atoms with Crippen molar-refractivity contribution in [3.05, 3.63) is 12.3 Å². The molecule has 0 aliphatic rings. The number of hydrogen-bond donors (Lipinski definition) is 3. The van der Waals surface area contributed by atoms with E-state index in [1.54, 1.807) is 12.3 Å². The molecule has 84 valence electrons. The van der Waals surface area contributed by atoms with E-state index >= 15 is 0 Å². The van der Waals surface area contributed by atoms with Crippen molar-refractivity contribution in [2.24, 2.45) is 11.7 Å². The Labute approximate surface area is 89.4 Å². The Morgan fingerprint density at radius 1 is 1.67 bits per heavy atom. The summed E-state index contributed by atoms with van der Waals surface area (Å²) in [4.78, 5) is 11.4. The summed E-state index contributed by atoms with van der Waals surface area (Å²) in [5.41, 5.74) is 5.43. The van der Waals surface area contributed by atoms with Crippen molar-refractivity contribution in [1.29, 1.82) is 0 Å². The fourth-order valence-electron chi connectivity index (χ4n) is 1.34. The topological polar surface area (TPSA) is 83.8 Å². The van der Waals surface area contributed by atoms with Crippen LogP contribution in [0.25, 0.3) is 0 Å². The van der Waals surface area contributed by atoms with E-state index in [1.165, 1.54) is 0 Å². The van der Waals surface area contributed by atoms with Crippen molar-refractivity contribution < 1.29 is 4.79 Å². The molecule has 0 aliphatic carbocycles. The lowest BCUT2D eigenvalue weighted by molar-refractivity contribution is -0.116. The molecular weight excluding hydrogens is 192 g/mol. The Morgan fingerprint density at radius 2 is 2.47 bits per heavy atom. The quantitative estimate of drug-likeness (QED) is 0.657. The number of carbonyl (C=O) groups excluding carboxylic acids is 1. The van der Waals surface area contributed by atoms with Crippen LogP contribution in [-0.4, -0.2) is 22.6 Å². The lowest BCUT2D eigenvalue weighted by Gasteiger charge is -2.08.